The van der Waals surface area contributed by atoms with E-state index in [1.54, 1.807) is 6.20 Å². The van der Waals surface area contributed by atoms with Crippen molar-refractivity contribution in [1.82, 2.24) is 9.78 Å². The molecule has 0 bridgehead atoms. The predicted octanol–water partition coefficient (Wildman–Crippen LogP) is 2.90. The molecular formula is C13H16ClN3O. The van der Waals surface area contributed by atoms with Crippen LogP contribution in [0.3, 0.4) is 0 Å². The molecule has 1 aromatic heterocycles. The zero-order chi connectivity index (χ0) is 13.0. The van der Waals surface area contributed by atoms with Gasteiger partial charge in [0.2, 0.25) is 0 Å². The molecule has 1 heterocycles. The van der Waals surface area contributed by atoms with Crippen LogP contribution in [0.2, 0.25) is 5.02 Å². The van der Waals surface area contributed by atoms with Crippen molar-refractivity contribution in [2.45, 2.75) is 19.9 Å². The Kier molecular flexibility index (Phi) is 4.10. The van der Waals surface area contributed by atoms with Crippen LogP contribution in [0, 0.1) is 6.92 Å². The fourth-order valence-electron chi connectivity index (χ4n) is 1.66. The molecule has 96 valence electrons. The van der Waals surface area contributed by atoms with Gasteiger partial charge in [-0.15, -0.1) is 0 Å². The predicted molar refractivity (Wildman–Crippen MR) is 72.9 cm³/mol. The number of benzene rings is 1. The average molecular weight is 266 g/mol. The van der Waals surface area contributed by atoms with Gasteiger partial charge in [-0.25, -0.2) is 0 Å². The number of rotatable bonds is 5. The van der Waals surface area contributed by atoms with Crippen LogP contribution in [0.15, 0.2) is 30.5 Å². The number of halogens is 1. The van der Waals surface area contributed by atoms with Crippen molar-refractivity contribution in [3.63, 3.8) is 0 Å². The highest BCUT2D eigenvalue weighted by Crippen LogP contribution is 2.20. The van der Waals surface area contributed by atoms with Crippen LogP contribution in [-0.2, 0) is 6.54 Å². The van der Waals surface area contributed by atoms with E-state index in [1.807, 2.05) is 35.9 Å². The minimum Gasteiger partial charge on any atom is -0.491 e. The molecule has 5 heteroatoms. The van der Waals surface area contributed by atoms with E-state index < -0.39 is 0 Å². The molecule has 0 amide bonds. The Bertz CT molecular complexity index is 525. The first-order chi connectivity index (χ1) is 8.68. The molecular weight excluding hydrogens is 250 g/mol. The summed E-state index contributed by atoms with van der Waals surface area (Å²) in [7, 11) is 0. The summed E-state index contributed by atoms with van der Waals surface area (Å²) in [5.74, 6) is 0.729. The number of nitrogen functional groups attached to an aromatic ring is 1. The molecule has 0 unspecified atom stereocenters. The second-order valence-corrected chi connectivity index (χ2v) is 4.45. The molecule has 4 nitrogen and oxygen atoms in total. The van der Waals surface area contributed by atoms with Crippen LogP contribution in [-0.4, -0.2) is 16.4 Å². The molecule has 18 heavy (non-hydrogen) atoms. The van der Waals surface area contributed by atoms with Gasteiger partial charge in [-0.3, -0.25) is 4.68 Å². The number of nitrogens with two attached hydrogens (primary N) is 1. The molecule has 2 rings (SSSR count). The van der Waals surface area contributed by atoms with Crippen LogP contribution in [0.25, 0.3) is 0 Å². The topological polar surface area (TPSA) is 53.1 Å². The monoisotopic (exact) mass is 265 g/mol. The van der Waals surface area contributed by atoms with Gasteiger partial charge in [0.15, 0.2) is 0 Å². The van der Waals surface area contributed by atoms with Crippen LogP contribution < -0.4 is 10.5 Å². The van der Waals surface area contributed by atoms with Crippen molar-refractivity contribution in [1.29, 1.82) is 0 Å². The third-order valence-electron chi connectivity index (χ3n) is 2.73. The van der Waals surface area contributed by atoms with E-state index in [2.05, 4.69) is 5.10 Å². The van der Waals surface area contributed by atoms with Crippen molar-refractivity contribution in [3.8, 4) is 5.75 Å². The molecule has 0 saturated heterocycles. The number of para-hydroxylation sites is 2. The van der Waals surface area contributed by atoms with Gasteiger partial charge >= 0.3 is 0 Å². The molecule has 0 fully saturated rings. The fourth-order valence-corrected chi connectivity index (χ4v) is 1.80. The fraction of sp³-hybridized carbons (Fsp3) is 0.308. The third kappa shape index (κ3) is 2.96. The van der Waals surface area contributed by atoms with Gasteiger partial charge < -0.3 is 10.5 Å². The van der Waals surface area contributed by atoms with Crippen LogP contribution in [0.5, 0.6) is 5.75 Å². The Hall–Kier alpha value is -1.68. The summed E-state index contributed by atoms with van der Waals surface area (Å²) in [6.07, 6.45) is 2.51. The number of hydrogen-bond donors (Lipinski definition) is 1. The van der Waals surface area contributed by atoms with Gasteiger partial charge in [0, 0.05) is 13.0 Å². The first-order valence-corrected chi connectivity index (χ1v) is 6.21. The van der Waals surface area contributed by atoms with Crippen molar-refractivity contribution in [2.24, 2.45) is 0 Å². The van der Waals surface area contributed by atoms with E-state index in [9.17, 15) is 0 Å². The van der Waals surface area contributed by atoms with Gasteiger partial charge in [-0.2, -0.15) is 5.10 Å². The minimum atomic E-state index is 0.602. The lowest BCUT2D eigenvalue weighted by molar-refractivity contribution is 0.299. The van der Waals surface area contributed by atoms with Gasteiger partial charge in [-0.05, 0) is 19.1 Å². The zero-order valence-corrected chi connectivity index (χ0v) is 11.0. The van der Waals surface area contributed by atoms with Crippen molar-refractivity contribution in [3.05, 3.63) is 41.2 Å². The Morgan fingerprint density at radius 2 is 2.17 bits per heavy atom. The van der Waals surface area contributed by atoms with Crippen LogP contribution >= 0.6 is 11.6 Å². The van der Waals surface area contributed by atoms with Gasteiger partial charge in [-0.1, -0.05) is 23.7 Å². The van der Waals surface area contributed by atoms with E-state index in [4.69, 9.17) is 22.1 Å². The highest BCUT2D eigenvalue weighted by Gasteiger charge is 2.03. The number of nitrogens with zero attached hydrogens (tertiary/aromatic N) is 2. The van der Waals surface area contributed by atoms with E-state index in [0.29, 0.717) is 17.3 Å². The first kappa shape index (κ1) is 12.8. The summed E-state index contributed by atoms with van der Waals surface area (Å²) in [6, 6.07) is 7.48. The molecule has 0 atom stereocenters. The van der Waals surface area contributed by atoms with Crippen molar-refractivity contribution in [2.75, 3.05) is 12.3 Å². The molecule has 2 aromatic rings. The molecule has 0 radical (unpaired) electrons. The zero-order valence-electron chi connectivity index (χ0n) is 10.3. The summed E-state index contributed by atoms with van der Waals surface area (Å²) in [6.45, 7) is 3.34. The molecule has 0 aliphatic rings. The Balaban J connectivity index is 1.80. The quantitative estimate of drug-likeness (QED) is 0.668. The summed E-state index contributed by atoms with van der Waals surface area (Å²) in [4.78, 5) is 0. The molecule has 0 aliphatic heterocycles. The lowest BCUT2D eigenvalue weighted by Gasteiger charge is -2.09. The Labute approximate surface area is 111 Å². The summed E-state index contributed by atoms with van der Waals surface area (Å²) in [5, 5.41) is 4.88. The average Bonchev–Trinajstić information content (AvgIpc) is 2.68. The molecule has 1 aromatic carbocycles. The third-order valence-corrected chi connectivity index (χ3v) is 3.11. The Morgan fingerprint density at radius 1 is 1.39 bits per heavy atom. The second kappa shape index (κ2) is 5.78. The highest BCUT2D eigenvalue weighted by molar-refractivity contribution is 6.31. The van der Waals surface area contributed by atoms with Crippen LogP contribution in [0.1, 0.15) is 12.1 Å². The molecule has 0 spiro atoms. The maximum Gasteiger partial charge on any atom is 0.142 e. The van der Waals surface area contributed by atoms with Gasteiger partial charge in [0.1, 0.15) is 5.75 Å². The molecule has 0 aliphatic carbocycles. The largest absolute Gasteiger partial charge is 0.491 e. The highest BCUT2D eigenvalue weighted by atomic mass is 35.5. The minimum absolute atomic E-state index is 0.602. The van der Waals surface area contributed by atoms with Crippen LogP contribution in [0.4, 0.5) is 5.69 Å². The van der Waals surface area contributed by atoms with Crippen molar-refractivity contribution >= 4 is 17.3 Å². The molecule has 2 N–H and O–H groups in total. The van der Waals surface area contributed by atoms with E-state index in [-0.39, 0.29) is 0 Å². The number of ether oxygens (including phenoxy) is 1. The first-order valence-electron chi connectivity index (χ1n) is 5.83. The van der Waals surface area contributed by atoms with E-state index >= 15 is 0 Å². The lowest BCUT2D eigenvalue weighted by atomic mass is 10.3. The van der Waals surface area contributed by atoms with E-state index in [1.165, 1.54) is 0 Å². The normalized spacial score (nSPS) is 10.6. The Morgan fingerprint density at radius 3 is 2.83 bits per heavy atom. The maximum absolute atomic E-state index is 5.93. The standard InChI is InChI=1S/C13H16ClN3O/c1-10-11(14)9-16-17(10)7-4-8-18-13-6-3-2-5-12(13)15/h2-3,5-6,9H,4,7-8,15H2,1H3. The van der Waals surface area contributed by atoms with Gasteiger partial charge in [0.25, 0.3) is 0 Å². The van der Waals surface area contributed by atoms with Crippen molar-refractivity contribution < 1.29 is 4.74 Å². The van der Waals surface area contributed by atoms with Gasteiger partial charge in [0.05, 0.1) is 29.2 Å². The number of anilines is 1. The smallest absolute Gasteiger partial charge is 0.142 e. The SMILES string of the molecule is Cc1c(Cl)cnn1CCCOc1ccccc1N. The second-order valence-electron chi connectivity index (χ2n) is 4.04. The van der Waals surface area contributed by atoms with E-state index in [0.717, 1.165) is 24.4 Å². The maximum atomic E-state index is 5.93. The number of hydrogen-bond acceptors (Lipinski definition) is 3. The summed E-state index contributed by atoms with van der Waals surface area (Å²) in [5.41, 5.74) is 7.43. The number of aryl methyl sites for hydroxylation is 1. The molecule has 0 saturated carbocycles. The lowest BCUT2D eigenvalue weighted by Crippen LogP contribution is -2.07. The number of aromatic nitrogens is 2. The summed E-state index contributed by atoms with van der Waals surface area (Å²) >= 11 is 5.93. The summed E-state index contributed by atoms with van der Waals surface area (Å²) < 4.78 is 7.48.